The fourth-order valence-electron chi connectivity index (χ4n) is 2.09. The molecule has 5 nitrogen and oxygen atoms in total. The zero-order chi connectivity index (χ0) is 14.7. The van der Waals surface area contributed by atoms with Crippen molar-refractivity contribution in [2.45, 2.75) is 32.2 Å². The van der Waals surface area contributed by atoms with Crippen LogP contribution in [-0.4, -0.2) is 21.9 Å². The summed E-state index contributed by atoms with van der Waals surface area (Å²) in [6.07, 6.45) is 6.17. The number of carbonyl (C=O) groups excluding carboxylic acids is 1. The molecule has 0 saturated heterocycles. The maximum absolute atomic E-state index is 11.8. The number of carbonyl (C=O) groups is 1. The average Bonchev–Trinajstić information content (AvgIpc) is 3.32. The summed E-state index contributed by atoms with van der Waals surface area (Å²) in [4.78, 5) is 20.3. The number of hydrogen-bond donors (Lipinski definition) is 2. The highest BCUT2D eigenvalue weighted by Gasteiger charge is 2.24. The molecule has 0 unspecified atom stereocenters. The molecule has 21 heavy (non-hydrogen) atoms. The van der Waals surface area contributed by atoms with E-state index in [0.717, 1.165) is 24.9 Å². The van der Waals surface area contributed by atoms with Gasteiger partial charge in [-0.05, 0) is 30.9 Å². The summed E-state index contributed by atoms with van der Waals surface area (Å²) < 4.78 is 0. The standard InChI is InChI=1S/C16H18N4O/c1-2-11-5-3-4-6-13(11)20-15-10-17-14(9-18-15)16(21)19-12-7-8-12/h3-6,9-10,12H,2,7-8H2,1H3,(H,18,20)(H,19,21). The minimum atomic E-state index is -0.148. The quantitative estimate of drug-likeness (QED) is 0.884. The van der Waals surface area contributed by atoms with E-state index in [4.69, 9.17) is 0 Å². The first-order valence-corrected chi connectivity index (χ1v) is 7.24. The summed E-state index contributed by atoms with van der Waals surface area (Å²) in [5.41, 5.74) is 2.59. The van der Waals surface area contributed by atoms with Crippen molar-refractivity contribution in [3.63, 3.8) is 0 Å². The van der Waals surface area contributed by atoms with E-state index < -0.39 is 0 Å². The van der Waals surface area contributed by atoms with Crippen LogP contribution in [0.4, 0.5) is 11.5 Å². The third-order valence-corrected chi connectivity index (χ3v) is 3.46. The van der Waals surface area contributed by atoms with Crippen LogP contribution in [0.1, 0.15) is 35.8 Å². The van der Waals surface area contributed by atoms with Gasteiger partial charge in [0.1, 0.15) is 11.5 Å². The van der Waals surface area contributed by atoms with Crippen LogP contribution in [0.15, 0.2) is 36.7 Å². The Hall–Kier alpha value is -2.43. The second-order valence-corrected chi connectivity index (χ2v) is 5.17. The Bertz CT molecular complexity index is 635. The predicted molar refractivity (Wildman–Crippen MR) is 81.6 cm³/mol. The smallest absolute Gasteiger partial charge is 0.271 e. The lowest BCUT2D eigenvalue weighted by Crippen LogP contribution is -2.26. The topological polar surface area (TPSA) is 66.9 Å². The molecule has 5 heteroatoms. The normalized spacial score (nSPS) is 13.8. The van der Waals surface area contributed by atoms with Gasteiger partial charge < -0.3 is 10.6 Å². The van der Waals surface area contributed by atoms with Crippen molar-refractivity contribution >= 4 is 17.4 Å². The summed E-state index contributed by atoms with van der Waals surface area (Å²) in [7, 11) is 0. The summed E-state index contributed by atoms with van der Waals surface area (Å²) >= 11 is 0. The van der Waals surface area contributed by atoms with Crippen molar-refractivity contribution in [3.8, 4) is 0 Å². The van der Waals surface area contributed by atoms with Gasteiger partial charge in [-0.25, -0.2) is 9.97 Å². The molecule has 2 aromatic rings. The average molecular weight is 282 g/mol. The van der Waals surface area contributed by atoms with E-state index in [0.29, 0.717) is 17.6 Å². The molecule has 0 spiro atoms. The Labute approximate surface area is 123 Å². The molecule has 0 atom stereocenters. The van der Waals surface area contributed by atoms with Gasteiger partial charge in [-0.1, -0.05) is 25.1 Å². The fourth-order valence-corrected chi connectivity index (χ4v) is 2.09. The van der Waals surface area contributed by atoms with Gasteiger partial charge >= 0.3 is 0 Å². The van der Waals surface area contributed by atoms with E-state index in [1.165, 1.54) is 11.8 Å². The molecular formula is C16H18N4O. The number of nitrogens with one attached hydrogen (secondary N) is 2. The first-order valence-electron chi connectivity index (χ1n) is 7.24. The number of aryl methyl sites for hydroxylation is 1. The molecule has 1 saturated carbocycles. The van der Waals surface area contributed by atoms with Crippen LogP contribution in [0.5, 0.6) is 0 Å². The van der Waals surface area contributed by atoms with Crippen LogP contribution >= 0.6 is 0 Å². The Kier molecular flexibility index (Phi) is 3.81. The monoisotopic (exact) mass is 282 g/mol. The third kappa shape index (κ3) is 3.37. The van der Waals surface area contributed by atoms with Crippen molar-refractivity contribution in [2.24, 2.45) is 0 Å². The highest BCUT2D eigenvalue weighted by Crippen LogP contribution is 2.20. The van der Waals surface area contributed by atoms with E-state index >= 15 is 0 Å². The molecule has 1 aliphatic rings. The number of benzene rings is 1. The number of anilines is 2. The van der Waals surface area contributed by atoms with Crippen molar-refractivity contribution in [1.29, 1.82) is 0 Å². The molecule has 0 radical (unpaired) electrons. The number of rotatable bonds is 5. The minimum absolute atomic E-state index is 0.148. The van der Waals surface area contributed by atoms with Crippen molar-refractivity contribution in [2.75, 3.05) is 5.32 Å². The molecule has 0 bridgehead atoms. The Morgan fingerprint density at radius 1 is 1.24 bits per heavy atom. The molecule has 1 amide bonds. The van der Waals surface area contributed by atoms with Crippen LogP contribution in [0.3, 0.4) is 0 Å². The summed E-state index contributed by atoms with van der Waals surface area (Å²) in [6.45, 7) is 2.11. The predicted octanol–water partition coefficient (Wildman–Crippen LogP) is 2.67. The lowest BCUT2D eigenvalue weighted by molar-refractivity contribution is 0.0945. The second-order valence-electron chi connectivity index (χ2n) is 5.17. The molecule has 1 aromatic heterocycles. The molecule has 3 rings (SSSR count). The van der Waals surface area contributed by atoms with Crippen molar-refractivity contribution in [1.82, 2.24) is 15.3 Å². The molecule has 2 N–H and O–H groups in total. The van der Waals surface area contributed by atoms with Crippen molar-refractivity contribution in [3.05, 3.63) is 47.9 Å². The van der Waals surface area contributed by atoms with Gasteiger partial charge in [-0.2, -0.15) is 0 Å². The highest BCUT2D eigenvalue weighted by atomic mass is 16.2. The van der Waals surface area contributed by atoms with Crippen molar-refractivity contribution < 1.29 is 4.79 Å². The van der Waals surface area contributed by atoms with Gasteiger partial charge in [-0.3, -0.25) is 4.79 Å². The van der Waals surface area contributed by atoms with E-state index in [1.54, 1.807) is 6.20 Å². The largest absolute Gasteiger partial charge is 0.348 e. The second kappa shape index (κ2) is 5.91. The van der Waals surface area contributed by atoms with E-state index in [2.05, 4.69) is 33.6 Å². The summed E-state index contributed by atoms with van der Waals surface area (Å²) in [5, 5.41) is 6.13. The molecule has 1 aliphatic carbocycles. The SMILES string of the molecule is CCc1ccccc1Nc1cnc(C(=O)NC2CC2)cn1. The summed E-state index contributed by atoms with van der Waals surface area (Å²) in [5.74, 6) is 0.490. The third-order valence-electron chi connectivity index (χ3n) is 3.46. The zero-order valence-corrected chi connectivity index (χ0v) is 12.0. The minimum Gasteiger partial charge on any atom is -0.348 e. The van der Waals surface area contributed by atoms with Crippen LogP contribution in [0.25, 0.3) is 0 Å². The Balaban J connectivity index is 1.70. The molecule has 108 valence electrons. The van der Waals surface area contributed by atoms with E-state index in [-0.39, 0.29) is 5.91 Å². The Morgan fingerprint density at radius 2 is 2.05 bits per heavy atom. The van der Waals surface area contributed by atoms with Gasteiger partial charge in [0.2, 0.25) is 0 Å². The number of amides is 1. The molecular weight excluding hydrogens is 264 g/mol. The molecule has 0 aliphatic heterocycles. The first-order chi connectivity index (χ1) is 10.3. The Morgan fingerprint density at radius 3 is 2.71 bits per heavy atom. The van der Waals surface area contributed by atoms with Crippen LogP contribution < -0.4 is 10.6 Å². The number of hydrogen-bond acceptors (Lipinski definition) is 4. The highest BCUT2D eigenvalue weighted by molar-refractivity contribution is 5.92. The number of aromatic nitrogens is 2. The number of nitrogens with zero attached hydrogens (tertiary/aromatic N) is 2. The zero-order valence-electron chi connectivity index (χ0n) is 12.0. The maximum atomic E-state index is 11.8. The summed E-state index contributed by atoms with van der Waals surface area (Å²) in [6, 6.07) is 8.41. The lowest BCUT2D eigenvalue weighted by Gasteiger charge is -2.10. The first kappa shape index (κ1) is 13.5. The van der Waals surface area contributed by atoms with Crippen LogP contribution in [0, 0.1) is 0 Å². The van der Waals surface area contributed by atoms with Gasteiger partial charge in [0.25, 0.3) is 5.91 Å². The van der Waals surface area contributed by atoms with Crippen LogP contribution in [0.2, 0.25) is 0 Å². The van der Waals surface area contributed by atoms with Gasteiger partial charge in [0, 0.05) is 11.7 Å². The fraction of sp³-hybridized carbons (Fsp3) is 0.312. The van der Waals surface area contributed by atoms with Gasteiger partial charge in [0.05, 0.1) is 12.4 Å². The van der Waals surface area contributed by atoms with Gasteiger partial charge in [-0.15, -0.1) is 0 Å². The molecule has 1 aromatic carbocycles. The lowest BCUT2D eigenvalue weighted by atomic mass is 10.1. The van der Waals surface area contributed by atoms with E-state index in [9.17, 15) is 4.79 Å². The maximum Gasteiger partial charge on any atom is 0.271 e. The van der Waals surface area contributed by atoms with E-state index in [1.807, 2.05) is 18.2 Å². The van der Waals surface area contributed by atoms with Crippen LogP contribution in [-0.2, 0) is 6.42 Å². The molecule has 1 fully saturated rings. The molecule has 1 heterocycles. The van der Waals surface area contributed by atoms with Gasteiger partial charge in [0.15, 0.2) is 0 Å². The number of para-hydroxylation sites is 1.